The topological polar surface area (TPSA) is 41.6 Å². The van der Waals surface area contributed by atoms with E-state index in [4.69, 9.17) is 4.74 Å². The first-order chi connectivity index (χ1) is 6.07. The number of hydrogen-bond acceptors (Lipinski definition) is 3. The van der Waals surface area contributed by atoms with E-state index in [1.165, 1.54) is 0 Å². The van der Waals surface area contributed by atoms with E-state index in [9.17, 15) is 4.79 Å². The van der Waals surface area contributed by atoms with E-state index >= 15 is 0 Å². The van der Waals surface area contributed by atoms with Gasteiger partial charge in [-0.3, -0.25) is 4.79 Å². The van der Waals surface area contributed by atoms with Crippen molar-refractivity contribution >= 4 is 5.91 Å². The second-order valence-electron chi connectivity index (χ2n) is 3.19. The summed E-state index contributed by atoms with van der Waals surface area (Å²) >= 11 is 0. The number of carbonyl (C=O) groups excluding carboxylic acids is 1. The number of rotatable bonds is 6. The first kappa shape index (κ1) is 12.4. The molecule has 13 heavy (non-hydrogen) atoms. The summed E-state index contributed by atoms with van der Waals surface area (Å²) in [6.07, 6.45) is 0.167. The fourth-order valence-electron chi connectivity index (χ4n) is 0.884. The van der Waals surface area contributed by atoms with Crippen molar-refractivity contribution in [3.8, 4) is 0 Å². The molecule has 0 fully saturated rings. The van der Waals surface area contributed by atoms with Gasteiger partial charge in [-0.25, -0.2) is 0 Å². The van der Waals surface area contributed by atoms with Crippen LogP contribution in [-0.2, 0) is 9.53 Å². The summed E-state index contributed by atoms with van der Waals surface area (Å²) in [5.74, 6) is 0.0868. The molecule has 0 spiro atoms. The standard InChI is InChI=1S/C9H20N2O2/c1-5-13-8(2)6-10-7-9(12)11(3)4/h8,10H,5-7H2,1-4H3. The Morgan fingerprint density at radius 1 is 1.54 bits per heavy atom. The SMILES string of the molecule is CCOC(C)CNCC(=O)N(C)C. The van der Waals surface area contributed by atoms with Crippen LogP contribution in [0.3, 0.4) is 0 Å². The summed E-state index contributed by atoms with van der Waals surface area (Å²) in [5.41, 5.74) is 0. The Bertz CT molecular complexity index is 149. The van der Waals surface area contributed by atoms with E-state index < -0.39 is 0 Å². The van der Waals surface area contributed by atoms with Gasteiger partial charge >= 0.3 is 0 Å². The minimum atomic E-state index is 0.0868. The average Bonchev–Trinajstić information content (AvgIpc) is 2.04. The van der Waals surface area contributed by atoms with E-state index in [0.717, 1.165) is 0 Å². The minimum absolute atomic E-state index is 0.0868. The highest BCUT2D eigenvalue weighted by molar-refractivity contribution is 5.77. The molecule has 0 aromatic heterocycles. The Kier molecular flexibility index (Phi) is 6.54. The van der Waals surface area contributed by atoms with Gasteiger partial charge in [0, 0.05) is 27.2 Å². The summed E-state index contributed by atoms with van der Waals surface area (Å²) in [7, 11) is 3.49. The van der Waals surface area contributed by atoms with Gasteiger partial charge in [0.1, 0.15) is 0 Å². The smallest absolute Gasteiger partial charge is 0.236 e. The number of likely N-dealkylation sites (N-methyl/N-ethyl adjacent to an activating group) is 1. The van der Waals surface area contributed by atoms with Crippen LogP contribution >= 0.6 is 0 Å². The van der Waals surface area contributed by atoms with Gasteiger partial charge in [0.25, 0.3) is 0 Å². The van der Waals surface area contributed by atoms with Crippen molar-refractivity contribution in [1.82, 2.24) is 10.2 Å². The van der Waals surface area contributed by atoms with Gasteiger partial charge in [0.05, 0.1) is 12.6 Å². The fourth-order valence-corrected chi connectivity index (χ4v) is 0.884. The Balaban J connectivity index is 3.39. The lowest BCUT2D eigenvalue weighted by Gasteiger charge is -2.14. The number of carbonyl (C=O) groups is 1. The van der Waals surface area contributed by atoms with E-state index in [1.54, 1.807) is 19.0 Å². The van der Waals surface area contributed by atoms with E-state index in [0.29, 0.717) is 19.7 Å². The van der Waals surface area contributed by atoms with E-state index in [2.05, 4.69) is 5.32 Å². The highest BCUT2D eigenvalue weighted by Gasteiger charge is 2.04. The van der Waals surface area contributed by atoms with Gasteiger partial charge in [-0.1, -0.05) is 0 Å². The maximum Gasteiger partial charge on any atom is 0.236 e. The minimum Gasteiger partial charge on any atom is -0.377 e. The third-order valence-corrected chi connectivity index (χ3v) is 1.66. The van der Waals surface area contributed by atoms with Crippen LogP contribution in [0.1, 0.15) is 13.8 Å². The zero-order chi connectivity index (χ0) is 10.3. The molecule has 0 aromatic carbocycles. The Morgan fingerprint density at radius 2 is 2.15 bits per heavy atom. The number of amides is 1. The molecule has 0 bridgehead atoms. The molecule has 0 aliphatic carbocycles. The second-order valence-corrected chi connectivity index (χ2v) is 3.19. The predicted octanol–water partition coefficient (Wildman–Crippen LogP) is 0.0892. The molecule has 0 radical (unpaired) electrons. The molecule has 4 nitrogen and oxygen atoms in total. The Hall–Kier alpha value is -0.610. The van der Waals surface area contributed by atoms with Gasteiger partial charge in [0.15, 0.2) is 0 Å². The van der Waals surface area contributed by atoms with Crippen molar-refractivity contribution in [2.45, 2.75) is 20.0 Å². The fraction of sp³-hybridized carbons (Fsp3) is 0.889. The van der Waals surface area contributed by atoms with Crippen molar-refractivity contribution in [2.75, 3.05) is 33.8 Å². The Morgan fingerprint density at radius 3 is 2.62 bits per heavy atom. The molecule has 0 saturated heterocycles. The second kappa shape index (κ2) is 6.86. The molecule has 0 saturated carbocycles. The summed E-state index contributed by atoms with van der Waals surface area (Å²) in [4.78, 5) is 12.7. The maximum absolute atomic E-state index is 11.1. The lowest BCUT2D eigenvalue weighted by molar-refractivity contribution is -0.127. The van der Waals surface area contributed by atoms with Gasteiger partial charge in [0.2, 0.25) is 5.91 Å². The summed E-state index contributed by atoms with van der Waals surface area (Å²) in [6.45, 7) is 5.75. The van der Waals surface area contributed by atoms with Crippen LogP contribution in [-0.4, -0.2) is 50.7 Å². The molecule has 0 aromatic rings. The number of nitrogens with zero attached hydrogens (tertiary/aromatic N) is 1. The molecule has 1 amide bonds. The molecule has 4 heteroatoms. The van der Waals surface area contributed by atoms with Crippen molar-refractivity contribution in [1.29, 1.82) is 0 Å². The predicted molar refractivity (Wildman–Crippen MR) is 52.7 cm³/mol. The molecule has 1 atom stereocenters. The lowest BCUT2D eigenvalue weighted by Crippen LogP contribution is -2.36. The molecule has 78 valence electrons. The van der Waals surface area contributed by atoms with E-state index in [-0.39, 0.29) is 12.0 Å². The summed E-state index contributed by atoms with van der Waals surface area (Å²) in [6, 6.07) is 0. The van der Waals surface area contributed by atoms with Crippen LogP contribution in [0.4, 0.5) is 0 Å². The van der Waals surface area contributed by atoms with Crippen LogP contribution in [0.25, 0.3) is 0 Å². The van der Waals surface area contributed by atoms with Crippen LogP contribution < -0.4 is 5.32 Å². The van der Waals surface area contributed by atoms with Gasteiger partial charge < -0.3 is 15.0 Å². The number of ether oxygens (including phenoxy) is 1. The van der Waals surface area contributed by atoms with Crippen molar-refractivity contribution in [3.05, 3.63) is 0 Å². The van der Waals surface area contributed by atoms with Gasteiger partial charge in [-0.15, -0.1) is 0 Å². The third kappa shape index (κ3) is 6.54. The molecule has 1 unspecified atom stereocenters. The molecule has 0 aliphatic rings. The maximum atomic E-state index is 11.1. The van der Waals surface area contributed by atoms with Crippen molar-refractivity contribution in [3.63, 3.8) is 0 Å². The normalized spacial score (nSPS) is 12.6. The van der Waals surface area contributed by atoms with E-state index in [1.807, 2.05) is 13.8 Å². The molecular weight excluding hydrogens is 168 g/mol. The van der Waals surface area contributed by atoms with Gasteiger partial charge in [-0.2, -0.15) is 0 Å². The number of nitrogens with one attached hydrogen (secondary N) is 1. The number of hydrogen-bond donors (Lipinski definition) is 1. The van der Waals surface area contributed by atoms with Gasteiger partial charge in [-0.05, 0) is 13.8 Å². The third-order valence-electron chi connectivity index (χ3n) is 1.66. The molecule has 0 rings (SSSR count). The zero-order valence-electron chi connectivity index (χ0n) is 8.96. The first-order valence-electron chi connectivity index (χ1n) is 4.60. The molecule has 0 heterocycles. The largest absolute Gasteiger partial charge is 0.377 e. The van der Waals surface area contributed by atoms with Crippen LogP contribution in [0.5, 0.6) is 0 Å². The first-order valence-corrected chi connectivity index (χ1v) is 4.60. The summed E-state index contributed by atoms with van der Waals surface area (Å²) in [5, 5.41) is 3.03. The average molecular weight is 188 g/mol. The lowest BCUT2D eigenvalue weighted by atomic mass is 10.4. The Labute approximate surface area is 80.2 Å². The zero-order valence-corrected chi connectivity index (χ0v) is 8.96. The van der Waals surface area contributed by atoms with Crippen molar-refractivity contribution < 1.29 is 9.53 Å². The van der Waals surface area contributed by atoms with Crippen LogP contribution in [0.2, 0.25) is 0 Å². The van der Waals surface area contributed by atoms with Crippen LogP contribution in [0.15, 0.2) is 0 Å². The molecular formula is C9H20N2O2. The van der Waals surface area contributed by atoms with Crippen molar-refractivity contribution in [2.24, 2.45) is 0 Å². The highest BCUT2D eigenvalue weighted by Crippen LogP contribution is 1.87. The quantitative estimate of drug-likeness (QED) is 0.642. The molecule has 0 aliphatic heterocycles. The monoisotopic (exact) mass is 188 g/mol. The molecule has 1 N–H and O–H groups in total. The van der Waals surface area contributed by atoms with Crippen LogP contribution in [0, 0.1) is 0 Å². The summed E-state index contributed by atoms with van der Waals surface area (Å²) < 4.78 is 5.30. The highest BCUT2D eigenvalue weighted by atomic mass is 16.5.